The van der Waals surface area contributed by atoms with Gasteiger partial charge in [0.25, 0.3) is 0 Å². The number of benzene rings is 2. The molecule has 4 rings (SSSR count). The lowest BCUT2D eigenvalue weighted by Crippen LogP contribution is -2.23. The van der Waals surface area contributed by atoms with E-state index in [2.05, 4.69) is 13.8 Å². The molecule has 2 fully saturated rings. The average Bonchev–Trinajstić information content (AvgIpc) is 2.95. The molecule has 0 spiro atoms. The topological polar surface area (TPSA) is 9.23 Å². The normalized spacial score (nSPS) is 25.0. The monoisotopic (exact) mass is 546 g/mol. The van der Waals surface area contributed by atoms with Gasteiger partial charge in [0.15, 0.2) is 11.6 Å². The van der Waals surface area contributed by atoms with Crippen molar-refractivity contribution in [1.82, 2.24) is 0 Å². The summed E-state index contributed by atoms with van der Waals surface area (Å²) in [6.45, 7) is 5.95. The number of unbranched alkanes of at least 4 members (excludes halogenated alkanes) is 2. The maximum absolute atomic E-state index is 15.1. The van der Waals surface area contributed by atoms with Crippen molar-refractivity contribution in [3.05, 3.63) is 70.3 Å². The van der Waals surface area contributed by atoms with Crippen LogP contribution >= 0.6 is 0 Å². The van der Waals surface area contributed by atoms with Crippen LogP contribution in [0.3, 0.4) is 0 Å². The average molecular weight is 547 g/mol. The third-order valence-electron chi connectivity index (χ3n) is 9.55. The first kappa shape index (κ1) is 30.1. The molecule has 2 aromatic rings. The third-order valence-corrected chi connectivity index (χ3v) is 9.55. The van der Waals surface area contributed by atoms with Gasteiger partial charge in [0.05, 0.1) is 11.7 Å². The molecule has 2 aliphatic rings. The Morgan fingerprint density at radius 3 is 2.00 bits per heavy atom. The standard InChI is InChI=1S/C34H46F4O/c1-4-6-7-8-25-11-15-29(16-12-25)30-21-22-31(33(36)32(30)35)34(37,38)39-23(3)26-17-19-28(20-18-26)27-13-9-24(5-2)10-14-27/h17-25,27,29H,4-16H2,1-3H3. The maximum atomic E-state index is 15.1. The molecule has 2 aliphatic carbocycles. The zero-order chi connectivity index (χ0) is 28.0. The van der Waals surface area contributed by atoms with E-state index in [0.29, 0.717) is 17.4 Å². The van der Waals surface area contributed by atoms with Crippen LogP contribution in [0, 0.1) is 23.5 Å². The van der Waals surface area contributed by atoms with Crippen molar-refractivity contribution in [3.63, 3.8) is 0 Å². The van der Waals surface area contributed by atoms with Gasteiger partial charge in [-0.05, 0) is 105 Å². The van der Waals surface area contributed by atoms with Gasteiger partial charge in [-0.1, -0.05) is 76.3 Å². The molecule has 0 aliphatic heterocycles. The molecule has 0 radical (unpaired) electrons. The minimum atomic E-state index is -3.95. The van der Waals surface area contributed by atoms with Crippen LogP contribution in [0.1, 0.15) is 144 Å². The van der Waals surface area contributed by atoms with Crippen molar-refractivity contribution in [2.75, 3.05) is 0 Å². The number of ether oxygens (including phenoxy) is 1. The zero-order valence-corrected chi connectivity index (χ0v) is 24.0. The van der Waals surface area contributed by atoms with Gasteiger partial charge in [-0.15, -0.1) is 0 Å². The van der Waals surface area contributed by atoms with E-state index < -0.39 is 29.4 Å². The Hall–Kier alpha value is -1.88. The molecule has 0 aromatic heterocycles. The van der Waals surface area contributed by atoms with Gasteiger partial charge in [0, 0.05) is 0 Å². The molecule has 0 bridgehead atoms. The summed E-state index contributed by atoms with van der Waals surface area (Å²) in [5.74, 6) is -0.825. The lowest BCUT2D eigenvalue weighted by atomic mass is 9.76. The first-order chi connectivity index (χ1) is 18.7. The summed E-state index contributed by atoms with van der Waals surface area (Å²) in [5.41, 5.74) is 1.00. The smallest absolute Gasteiger partial charge is 0.309 e. The summed E-state index contributed by atoms with van der Waals surface area (Å²) in [6.07, 6.45) is 9.37. The van der Waals surface area contributed by atoms with E-state index in [4.69, 9.17) is 4.74 Å². The van der Waals surface area contributed by atoms with Gasteiger partial charge in [-0.25, -0.2) is 8.78 Å². The third kappa shape index (κ3) is 7.45. The molecule has 2 aromatic carbocycles. The second-order valence-corrected chi connectivity index (χ2v) is 12.1. The first-order valence-electron chi connectivity index (χ1n) is 15.4. The molecule has 39 heavy (non-hydrogen) atoms. The Labute approximate surface area is 232 Å². The summed E-state index contributed by atoms with van der Waals surface area (Å²) in [7, 11) is 0. The fourth-order valence-corrected chi connectivity index (χ4v) is 6.85. The molecule has 0 N–H and O–H groups in total. The van der Waals surface area contributed by atoms with E-state index in [1.165, 1.54) is 63.5 Å². The molecule has 2 saturated carbocycles. The van der Waals surface area contributed by atoms with Gasteiger partial charge in [0.2, 0.25) is 0 Å². The van der Waals surface area contributed by atoms with Crippen molar-refractivity contribution in [3.8, 4) is 0 Å². The van der Waals surface area contributed by atoms with Crippen molar-refractivity contribution in [2.24, 2.45) is 11.8 Å². The van der Waals surface area contributed by atoms with E-state index in [1.807, 2.05) is 24.3 Å². The minimum absolute atomic E-state index is 0.125. The first-order valence-corrected chi connectivity index (χ1v) is 15.4. The van der Waals surface area contributed by atoms with Gasteiger partial charge in [0.1, 0.15) is 0 Å². The number of hydrogen-bond donors (Lipinski definition) is 0. The molecule has 0 saturated heterocycles. The predicted molar refractivity (Wildman–Crippen MR) is 150 cm³/mol. The lowest BCUT2D eigenvalue weighted by molar-refractivity contribution is -0.273. The molecule has 1 nitrogen and oxygen atoms in total. The molecular formula is C34H46F4O. The van der Waals surface area contributed by atoms with E-state index in [-0.39, 0.29) is 11.5 Å². The number of halogens is 4. The summed E-state index contributed by atoms with van der Waals surface area (Å²) in [4.78, 5) is 0. The van der Waals surface area contributed by atoms with Crippen molar-refractivity contribution in [1.29, 1.82) is 0 Å². The maximum Gasteiger partial charge on any atom is 0.386 e. The Balaban J connectivity index is 1.37. The van der Waals surface area contributed by atoms with E-state index >= 15 is 17.6 Å². The number of hydrogen-bond acceptors (Lipinski definition) is 1. The molecule has 216 valence electrons. The van der Waals surface area contributed by atoms with Crippen LogP contribution in [0.5, 0.6) is 0 Å². The van der Waals surface area contributed by atoms with E-state index in [0.717, 1.165) is 50.5 Å². The zero-order valence-electron chi connectivity index (χ0n) is 24.0. The summed E-state index contributed by atoms with van der Waals surface area (Å²) < 4.78 is 65.4. The van der Waals surface area contributed by atoms with Gasteiger partial charge in [-0.2, -0.15) is 8.78 Å². The Kier molecular flexibility index (Phi) is 10.5. The molecule has 0 amide bonds. The van der Waals surface area contributed by atoms with Crippen molar-refractivity contribution in [2.45, 2.75) is 128 Å². The van der Waals surface area contributed by atoms with Crippen LogP contribution in [-0.2, 0) is 10.8 Å². The highest BCUT2D eigenvalue weighted by Crippen LogP contribution is 2.43. The van der Waals surface area contributed by atoms with Crippen LogP contribution < -0.4 is 0 Å². The quantitative estimate of drug-likeness (QED) is 0.201. The van der Waals surface area contributed by atoms with E-state index in [1.54, 1.807) is 0 Å². The highest BCUT2D eigenvalue weighted by atomic mass is 19.3. The van der Waals surface area contributed by atoms with Gasteiger partial charge < -0.3 is 4.74 Å². The summed E-state index contributed by atoms with van der Waals surface area (Å²) in [6, 6.07) is 10.0. The highest BCUT2D eigenvalue weighted by molar-refractivity contribution is 5.32. The van der Waals surface area contributed by atoms with Crippen LogP contribution in [-0.4, -0.2) is 0 Å². The SMILES string of the molecule is CCCCCC1CCC(c2ccc(C(F)(F)OC(C)c3ccc(C4CCC(CC)CC4)cc3)c(F)c2F)CC1. The molecule has 0 heterocycles. The molecular weight excluding hydrogens is 500 g/mol. The number of alkyl halides is 2. The lowest BCUT2D eigenvalue weighted by Gasteiger charge is -2.30. The second kappa shape index (κ2) is 13.7. The fraction of sp³-hybridized carbons (Fsp3) is 0.647. The number of rotatable bonds is 11. The minimum Gasteiger partial charge on any atom is -0.309 e. The molecule has 5 heteroatoms. The molecule has 1 unspecified atom stereocenters. The summed E-state index contributed by atoms with van der Waals surface area (Å²) in [5, 5.41) is 0. The second-order valence-electron chi connectivity index (χ2n) is 12.1. The largest absolute Gasteiger partial charge is 0.386 e. The van der Waals surface area contributed by atoms with Gasteiger partial charge >= 0.3 is 6.11 Å². The van der Waals surface area contributed by atoms with Crippen LogP contribution in [0.4, 0.5) is 17.6 Å². The fourth-order valence-electron chi connectivity index (χ4n) is 6.85. The summed E-state index contributed by atoms with van der Waals surface area (Å²) >= 11 is 0. The molecule has 1 atom stereocenters. The Morgan fingerprint density at radius 1 is 0.769 bits per heavy atom. The van der Waals surface area contributed by atoms with Gasteiger partial charge in [-0.3, -0.25) is 0 Å². The van der Waals surface area contributed by atoms with Crippen LogP contribution in [0.2, 0.25) is 0 Å². The van der Waals surface area contributed by atoms with E-state index in [9.17, 15) is 0 Å². The Bertz CT molecular complexity index is 1030. The van der Waals surface area contributed by atoms with Crippen molar-refractivity contribution < 1.29 is 22.3 Å². The Morgan fingerprint density at radius 2 is 1.38 bits per heavy atom. The van der Waals surface area contributed by atoms with Crippen molar-refractivity contribution >= 4 is 0 Å². The van der Waals surface area contributed by atoms with Crippen LogP contribution in [0.15, 0.2) is 36.4 Å². The van der Waals surface area contributed by atoms with Crippen LogP contribution in [0.25, 0.3) is 0 Å². The predicted octanol–water partition coefficient (Wildman–Crippen LogP) is 11.3. The highest BCUT2D eigenvalue weighted by Gasteiger charge is 2.40.